The van der Waals surface area contributed by atoms with Crippen molar-refractivity contribution in [1.82, 2.24) is 19.8 Å². The van der Waals surface area contributed by atoms with Crippen LogP contribution in [0, 0.1) is 13.8 Å². The normalized spacial score (nSPS) is 12.8. The number of halogens is 2. The standard InChI is InChI=1S/2C19H16ClNO4.2C4H9N.Cu/c2*1-11-15(10-18(22)23)16-9-14(25-2)7-8-17(16)21(11)19(24)12-3-5-13(20)6-4-12;2*1-2-4-5-3-1;/h2*3-9H,10H2,1-2H3,(H,22,23);2*5H,1-4H2;/q;;;;+2/p-2. The predicted octanol–water partition coefficient (Wildman–Crippen LogP) is 5.92. The third-order valence-corrected chi connectivity index (χ3v) is 10.7. The average molecular weight is 919 g/mol. The van der Waals surface area contributed by atoms with Crippen molar-refractivity contribution in [3.8, 4) is 11.5 Å². The van der Waals surface area contributed by atoms with Crippen LogP contribution in [0.1, 0.15) is 68.9 Å². The second-order valence-corrected chi connectivity index (χ2v) is 15.1. The number of carbonyl (C=O) groups is 4. The zero-order chi connectivity index (χ0) is 43.3. The minimum atomic E-state index is -1.20. The maximum Gasteiger partial charge on any atom is 2.00 e. The number of benzene rings is 4. The van der Waals surface area contributed by atoms with Gasteiger partial charge in [-0.1, -0.05) is 23.2 Å². The van der Waals surface area contributed by atoms with Crippen LogP contribution in [0.3, 0.4) is 0 Å². The summed E-state index contributed by atoms with van der Waals surface area (Å²) in [7, 11) is 3.06. The van der Waals surface area contributed by atoms with Gasteiger partial charge in [0.15, 0.2) is 0 Å². The van der Waals surface area contributed by atoms with Crippen LogP contribution >= 0.6 is 23.2 Å². The minimum absolute atomic E-state index is 0. The molecule has 6 aromatic rings. The molecule has 12 nitrogen and oxygen atoms in total. The van der Waals surface area contributed by atoms with E-state index in [1.165, 1.54) is 75.2 Å². The van der Waals surface area contributed by atoms with Gasteiger partial charge in [-0.15, -0.1) is 0 Å². The van der Waals surface area contributed by atoms with Gasteiger partial charge in [0.25, 0.3) is 11.8 Å². The Labute approximate surface area is 375 Å². The Kier molecular flexibility index (Phi) is 18.4. The van der Waals surface area contributed by atoms with E-state index in [0.29, 0.717) is 77.0 Å². The van der Waals surface area contributed by atoms with Gasteiger partial charge in [-0.05, 0) is 162 Å². The number of hydrogen-bond donors (Lipinski definition) is 2. The maximum atomic E-state index is 13.0. The summed E-state index contributed by atoms with van der Waals surface area (Å²) in [6.45, 7) is 8.44. The van der Waals surface area contributed by atoms with Gasteiger partial charge in [0.2, 0.25) is 0 Å². The van der Waals surface area contributed by atoms with Crippen LogP contribution in [0.4, 0.5) is 0 Å². The second kappa shape index (κ2) is 23.2. The van der Waals surface area contributed by atoms with Crippen LogP contribution in [-0.4, -0.2) is 73.3 Å². The van der Waals surface area contributed by atoms with Gasteiger partial charge >= 0.3 is 17.1 Å². The molecule has 0 saturated carbocycles. The van der Waals surface area contributed by atoms with Crippen LogP contribution in [0.2, 0.25) is 10.0 Å². The zero-order valence-electron chi connectivity index (χ0n) is 34.4. The SMILES string of the molecule is C1CCNC1.C1CCNC1.COc1ccc2c(c1)c(CC(=O)[O-])c(C)n2C(=O)c1ccc(Cl)cc1.COc1ccc2c(c1)c(CC(=O)[O-])c(C)n2C(=O)c1ccc(Cl)cc1.[Cu+2]. The number of carbonyl (C=O) groups excluding carboxylic acids is 4. The first-order valence-corrected chi connectivity index (χ1v) is 20.4. The van der Waals surface area contributed by atoms with Gasteiger partial charge in [0.1, 0.15) is 11.5 Å². The number of carboxylic acids is 2. The topological polar surface area (TPSA) is 167 Å². The molecule has 15 heteroatoms. The molecule has 0 spiro atoms. The molecule has 61 heavy (non-hydrogen) atoms. The summed E-state index contributed by atoms with van der Waals surface area (Å²) in [5.74, 6) is -1.75. The summed E-state index contributed by atoms with van der Waals surface area (Å²) in [6.07, 6.45) is 4.99. The van der Waals surface area contributed by atoms with Crippen molar-refractivity contribution in [2.24, 2.45) is 0 Å². The fourth-order valence-electron chi connectivity index (χ4n) is 7.13. The number of aliphatic carboxylic acids is 2. The van der Waals surface area contributed by atoms with E-state index >= 15 is 0 Å². The van der Waals surface area contributed by atoms with Crippen molar-refractivity contribution in [3.05, 3.63) is 129 Å². The Balaban J connectivity index is 0.000000215. The van der Waals surface area contributed by atoms with Crippen molar-refractivity contribution in [3.63, 3.8) is 0 Å². The Morgan fingerprint density at radius 2 is 0.902 bits per heavy atom. The summed E-state index contributed by atoms with van der Waals surface area (Å²) >= 11 is 11.8. The summed E-state index contributed by atoms with van der Waals surface area (Å²) in [5, 5.41) is 31.1. The summed E-state index contributed by atoms with van der Waals surface area (Å²) < 4.78 is 13.5. The van der Waals surface area contributed by atoms with Gasteiger partial charge in [-0.2, -0.15) is 0 Å². The molecule has 2 N–H and O–H groups in total. The van der Waals surface area contributed by atoms with Crippen molar-refractivity contribution in [2.75, 3.05) is 40.4 Å². The number of hydrogen-bond acceptors (Lipinski definition) is 10. The fraction of sp³-hybridized carbons (Fsp3) is 0.304. The number of nitrogens with one attached hydrogen (secondary N) is 2. The van der Waals surface area contributed by atoms with Gasteiger partial charge in [0.05, 0.1) is 25.3 Å². The molecule has 325 valence electrons. The van der Waals surface area contributed by atoms with E-state index < -0.39 is 11.9 Å². The molecule has 0 atom stereocenters. The molecule has 2 saturated heterocycles. The molecule has 0 bridgehead atoms. The van der Waals surface area contributed by atoms with Gasteiger partial charge in [-0.3, -0.25) is 18.7 Å². The molecule has 8 rings (SSSR count). The van der Waals surface area contributed by atoms with Crippen molar-refractivity contribution in [1.29, 1.82) is 0 Å². The molecular weight excluding hydrogens is 871 g/mol. The number of fused-ring (bicyclic) bond motifs is 2. The van der Waals surface area contributed by atoms with Crippen molar-refractivity contribution >= 4 is 68.8 Å². The fourth-order valence-corrected chi connectivity index (χ4v) is 7.38. The first-order valence-electron chi connectivity index (χ1n) is 19.6. The molecular formula is C46H48Cl2CuN4O8. The zero-order valence-corrected chi connectivity index (χ0v) is 36.8. The van der Waals surface area contributed by atoms with Crippen LogP contribution < -0.4 is 30.3 Å². The van der Waals surface area contributed by atoms with E-state index in [1.807, 2.05) is 0 Å². The third kappa shape index (κ3) is 12.5. The average Bonchev–Trinajstić information content (AvgIpc) is 4.09. The van der Waals surface area contributed by atoms with Gasteiger partial charge in [0, 0.05) is 68.1 Å². The minimum Gasteiger partial charge on any atom is -0.550 e. The smallest absolute Gasteiger partial charge is 0.550 e. The monoisotopic (exact) mass is 917 g/mol. The number of carboxylic acid groups (broad SMARTS) is 2. The number of ether oxygens (including phenoxy) is 2. The van der Waals surface area contributed by atoms with Crippen molar-refractivity contribution in [2.45, 2.75) is 52.4 Å². The van der Waals surface area contributed by atoms with Crippen molar-refractivity contribution < 1.29 is 55.9 Å². The Morgan fingerprint density at radius 1 is 0.574 bits per heavy atom. The Morgan fingerprint density at radius 3 is 1.16 bits per heavy atom. The summed E-state index contributed by atoms with van der Waals surface area (Å²) in [4.78, 5) is 48.3. The number of nitrogens with zero attached hydrogens (tertiary/aromatic N) is 2. The van der Waals surface area contributed by atoms with E-state index in [0.717, 1.165) is 0 Å². The van der Waals surface area contributed by atoms with Crippen LogP contribution in [0.25, 0.3) is 21.8 Å². The third-order valence-electron chi connectivity index (χ3n) is 10.2. The summed E-state index contributed by atoms with van der Waals surface area (Å²) in [6, 6.07) is 23.5. The Hall–Kier alpha value is -5.14. The van der Waals surface area contributed by atoms with Crippen LogP contribution in [0.5, 0.6) is 11.5 Å². The molecule has 0 unspecified atom stereocenters. The van der Waals surface area contributed by atoms with Gasteiger partial charge < -0.3 is 39.9 Å². The molecule has 2 fully saturated rings. The first kappa shape index (κ1) is 48.5. The quantitative estimate of drug-likeness (QED) is 0.175. The van der Waals surface area contributed by atoms with E-state index in [1.54, 1.807) is 98.8 Å². The molecule has 2 aliphatic rings. The molecule has 0 aliphatic carbocycles. The van der Waals surface area contributed by atoms with Crippen LogP contribution in [-0.2, 0) is 39.5 Å². The van der Waals surface area contributed by atoms with E-state index in [9.17, 15) is 29.4 Å². The molecule has 4 aromatic carbocycles. The molecule has 2 aromatic heterocycles. The molecule has 2 aliphatic heterocycles. The molecule has 0 amide bonds. The van der Waals surface area contributed by atoms with E-state index in [2.05, 4.69) is 10.6 Å². The molecule has 4 heterocycles. The van der Waals surface area contributed by atoms with Gasteiger partial charge in [-0.25, -0.2) is 0 Å². The predicted molar refractivity (Wildman–Crippen MR) is 230 cm³/mol. The molecule has 1 radical (unpaired) electrons. The van der Waals surface area contributed by atoms with E-state index in [-0.39, 0.29) is 41.7 Å². The maximum absolute atomic E-state index is 13.0. The largest absolute Gasteiger partial charge is 2.00 e. The first-order chi connectivity index (χ1) is 28.8. The Bertz CT molecular complexity index is 2270. The number of aromatic nitrogens is 2. The number of methoxy groups -OCH3 is 2. The van der Waals surface area contributed by atoms with E-state index in [4.69, 9.17) is 32.7 Å². The number of rotatable bonds is 8. The second-order valence-electron chi connectivity index (χ2n) is 14.2. The van der Waals surface area contributed by atoms with Crippen LogP contribution in [0.15, 0.2) is 84.9 Å². The summed E-state index contributed by atoms with van der Waals surface area (Å²) in [5.41, 5.74) is 4.36.